The highest BCUT2D eigenvalue weighted by Crippen LogP contribution is 2.31. The minimum atomic E-state index is -1.19. The Balaban J connectivity index is 0.000000499. The van der Waals surface area contributed by atoms with Crippen LogP contribution in [0, 0.1) is 0 Å². The molecule has 2 aliphatic rings. The molecule has 3 aromatic rings. The van der Waals surface area contributed by atoms with Gasteiger partial charge in [0.15, 0.2) is 0 Å². The molecule has 8 nitrogen and oxygen atoms in total. The highest BCUT2D eigenvalue weighted by Gasteiger charge is 2.24. The van der Waals surface area contributed by atoms with Crippen LogP contribution in [0.5, 0.6) is 5.75 Å². The fourth-order valence-electron chi connectivity index (χ4n) is 4.95. The van der Waals surface area contributed by atoms with E-state index in [1.807, 2.05) is 0 Å². The largest absolute Gasteiger partial charge is 0.506 e. The molecule has 1 heterocycles. The standard InChI is InChI=1S/C24H26N2O3.C2H4O3/c27-21-7-5-19(20-6-8-23(29)26-24(20)21)22(28)13-25-18-11-16-9-14-3-1-2-4-15(14)10-17(16)12-18;3-1-2(4)5/h5-10,18,22,25,27-28H,1-4,11-13H2,(H,26,29);3H,1H2,(H,4,5)/t22-;/m1./s1. The molecular weight excluding hydrogens is 436 g/mol. The second-order valence-corrected chi connectivity index (χ2v) is 8.96. The number of aryl methyl sites for hydroxylation is 2. The summed E-state index contributed by atoms with van der Waals surface area (Å²) < 4.78 is 0. The van der Waals surface area contributed by atoms with Crippen molar-refractivity contribution in [3.8, 4) is 5.75 Å². The van der Waals surface area contributed by atoms with Crippen LogP contribution in [0.1, 0.15) is 46.8 Å². The number of carbonyl (C=O) groups is 1. The number of aromatic amines is 1. The van der Waals surface area contributed by atoms with Gasteiger partial charge >= 0.3 is 5.97 Å². The number of phenols is 1. The topological polar surface area (TPSA) is 143 Å². The Morgan fingerprint density at radius 3 is 2.24 bits per heavy atom. The first kappa shape index (κ1) is 23.9. The molecule has 2 aromatic carbocycles. The van der Waals surface area contributed by atoms with Crippen LogP contribution in [0.15, 0.2) is 41.2 Å². The number of aromatic nitrogens is 1. The van der Waals surface area contributed by atoms with E-state index in [1.54, 1.807) is 12.1 Å². The van der Waals surface area contributed by atoms with E-state index in [1.165, 1.54) is 60.1 Å². The summed E-state index contributed by atoms with van der Waals surface area (Å²) in [7, 11) is 0. The molecule has 2 aliphatic carbocycles. The maximum absolute atomic E-state index is 11.6. The molecule has 5 rings (SSSR count). The van der Waals surface area contributed by atoms with Gasteiger partial charge in [-0.1, -0.05) is 18.2 Å². The number of carboxylic acids is 1. The molecule has 1 aromatic heterocycles. The van der Waals surface area contributed by atoms with Crippen LogP contribution < -0.4 is 10.9 Å². The van der Waals surface area contributed by atoms with E-state index in [4.69, 9.17) is 15.0 Å². The lowest BCUT2D eigenvalue weighted by Gasteiger charge is -2.18. The molecule has 0 amide bonds. The van der Waals surface area contributed by atoms with Gasteiger partial charge in [0.1, 0.15) is 12.4 Å². The lowest BCUT2D eigenvalue weighted by molar-refractivity contribution is -0.140. The maximum atomic E-state index is 11.6. The third-order valence-corrected chi connectivity index (χ3v) is 6.60. The fourth-order valence-corrected chi connectivity index (χ4v) is 4.95. The van der Waals surface area contributed by atoms with Crippen LogP contribution in [0.25, 0.3) is 10.9 Å². The van der Waals surface area contributed by atoms with Crippen molar-refractivity contribution in [2.75, 3.05) is 13.2 Å². The van der Waals surface area contributed by atoms with Crippen molar-refractivity contribution < 1.29 is 25.2 Å². The number of fused-ring (bicyclic) bond motifs is 3. The van der Waals surface area contributed by atoms with Crippen LogP contribution in [0.2, 0.25) is 0 Å². The third kappa shape index (κ3) is 5.30. The molecule has 0 bridgehead atoms. The first-order chi connectivity index (χ1) is 16.4. The number of aromatic hydroxyl groups is 1. The second-order valence-electron chi connectivity index (χ2n) is 8.96. The Morgan fingerprint density at radius 1 is 1.03 bits per heavy atom. The minimum absolute atomic E-state index is 0.0109. The minimum Gasteiger partial charge on any atom is -0.506 e. The van der Waals surface area contributed by atoms with Gasteiger partial charge in [0.25, 0.3) is 0 Å². The predicted octanol–water partition coefficient (Wildman–Crippen LogP) is 1.97. The van der Waals surface area contributed by atoms with Crippen LogP contribution in [0.4, 0.5) is 0 Å². The molecule has 0 spiro atoms. The smallest absolute Gasteiger partial charge is 0.329 e. The van der Waals surface area contributed by atoms with Crippen molar-refractivity contribution in [1.29, 1.82) is 0 Å². The Hall–Kier alpha value is -3.20. The average Bonchev–Trinajstić information content (AvgIpc) is 3.23. The zero-order valence-electron chi connectivity index (χ0n) is 18.9. The van der Waals surface area contributed by atoms with Crippen LogP contribution >= 0.6 is 0 Å². The Kier molecular flexibility index (Phi) is 7.31. The molecule has 8 heteroatoms. The molecule has 6 N–H and O–H groups in total. The van der Waals surface area contributed by atoms with Gasteiger partial charge < -0.3 is 30.7 Å². The molecule has 0 saturated carbocycles. The number of H-pyrrole nitrogens is 1. The number of pyridine rings is 1. The van der Waals surface area contributed by atoms with Crippen LogP contribution in [0.3, 0.4) is 0 Å². The van der Waals surface area contributed by atoms with Crippen molar-refractivity contribution in [2.45, 2.75) is 50.7 Å². The molecule has 0 saturated heterocycles. The van der Waals surface area contributed by atoms with E-state index >= 15 is 0 Å². The Bertz CT molecular complexity index is 1220. The lowest BCUT2D eigenvalue weighted by atomic mass is 9.89. The molecule has 0 radical (unpaired) electrons. The predicted molar refractivity (Wildman–Crippen MR) is 128 cm³/mol. The number of hydrogen-bond acceptors (Lipinski definition) is 6. The van der Waals surface area contributed by atoms with Crippen molar-refractivity contribution >= 4 is 16.9 Å². The number of nitrogens with one attached hydrogen (secondary N) is 2. The van der Waals surface area contributed by atoms with E-state index in [-0.39, 0.29) is 11.3 Å². The van der Waals surface area contributed by atoms with E-state index in [0.29, 0.717) is 29.1 Å². The number of hydrogen-bond donors (Lipinski definition) is 6. The summed E-state index contributed by atoms with van der Waals surface area (Å²) in [6, 6.07) is 11.5. The van der Waals surface area contributed by atoms with E-state index in [2.05, 4.69) is 22.4 Å². The zero-order valence-corrected chi connectivity index (χ0v) is 18.9. The second kappa shape index (κ2) is 10.4. The monoisotopic (exact) mass is 466 g/mol. The number of aliphatic hydroxyl groups is 2. The highest BCUT2D eigenvalue weighted by molar-refractivity contribution is 5.87. The molecule has 1 atom stereocenters. The van der Waals surface area contributed by atoms with Crippen molar-refractivity contribution in [3.63, 3.8) is 0 Å². The number of rotatable bonds is 5. The highest BCUT2D eigenvalue weighted by atomic mass is 16.4. The van der Waals surface area contributed by atoms with Gasteiger partial charge in [-0.2, -0.15) is 0 Å². The Labute approximate surface area is 196 Å². The van der Waals surface area contributed by atoms with Gasteiger partial charge in [0.05, 0.1) is 11.6 Å². The van der Waals surface area contributed by atoms with Crippen molar-refractivity contribution in [1.82, 2.24) is 10.3 Å². The normalized spacial score (nSPS) is 15.8. The van der Waals surface area contributed by atoms with Gasteiger partial charge in [0.2, 0.25) is 5.56 Å². The van der Waals surface area contributed by atoms with Gasteiger partial charge in [0, 0.05) is 24.0 Å². The molecule has 34 heavy (non-hydrogen) atoms. The molecular formula is C26H30N2O6. The van der Waals surface area contributed by atoms with E-state index in [0.717, 1.165) is 12.8 Å². The van der Waals surface area contributed by atoms with Crippen LogP contribution in [-0.4, -0.2) is 50.6 Å². The molecule has 0 aliphatic heterocycles. The van der Waals surface area contributed by atoms with Gasteiger partial charge in [-0.15, -0.1) is 0 Å². The molecule has 180 valence electrons. The fraction of sp³-hybridized carbons (Fsp3) is 0.385. The summed E-state index contributed by atoms with van der Waals surface area (Å²) in [5.41, 5.74) is 6.75. The van der Waals surface area contributed by atoms with Gasteiger partial charge in [-0.05, 0) is 78.5 Å². The SMILES string of the molecule is O=C(O)CO.O=c1ccc2c([C@H](O)CNC3Cc4cc5c(cc4C3)CCCC5)ccc(O)c2[nH]1. The summed E-state index contributed by atoms with van der Waals surface area (Å²) in [5, 5.41) is 40.0. The molecule has 0 fully saturated rings. The average molecular weight is 467 g/mol. The number of phenolic OH excluding ortho intramolecular Hbond substituents is 1. The summed E-state index contributed by atoms with van der Waals surface area (Å²) >= 11 is 0. The first-order valence-electron chi connectivity index (χ1n) is 11.6. The maximum Gasteiger partial charge on any atom is 0.329 e. The van der Waals surface area contributed by atoms with E-state index in [9.17, 15) is 15.0 Å². The van der Waals surface area contributed by atoms with Gasteiger partial charge in [-0.25, -0.2) is 4.79 Å². The quantitative estimate of drug-likeness (QED) is 0.337. The summed E-state index contributed by atoms with van der Waals surface area (Å²) in [6.07, 6.45) is 6.28. The molecule has 0 unspecified atom stereocenters. The van der Waals surface area contributed by atoms with Crippen molar-refractivity contribution in [2.24, 2.45) is 0 Å². The number of aliphatic hydroxyl groups excluding tert-OH is 2. The lowest BCUT2D eigenvalue weighted by Crippen LogP contribution is -2.33. The number of carboxylic acid groups (broad SMARTS) is 1. The summed E-state index contributed by atoms with van der Waals surface area (Å²) in [5.74, 6) is -1.18. The number of benzene rings is 2. The van der Waals surface area contributed by atoms with Crippen LogP contribution in [-0.2, 0) is 30.5 Å². The summed E-state index contributed by atoms with van der Waals surface area (Å²) in [4.78, 5) is 23.3. The van der Waals surface area contributed by atoms with Gasteiger partial charge in [-0.3, -0.25) is 4.79 Å². The first-order valence-corrected chi connectivity index (χ1v) is 11.6. The number of aliphatic carboxylic acids is 1. The Morgan fingerprint density at radius 2 is 1.65 bits per heavy atom. The van der Waals surface area contributed by atoms with E-state index < -0.39 is 18.7 Å². The van der Waals surface area contributed by atoms with Crippen molar-refractivity contribution in [3.05, 3.63) is 74.6 Å². The summed E-state index contributed by atoms with van der Waals surface area (Å²) in [6.45, 7) is -0.350. The third-order valence-electron chi connectivity index (χ3n) is 6.60. The zero-order chi connectivity index (χ0) is 24.2.